The van der Waals surface area contributed by atoms with E-state index in [9.17, 15) is 18.0 Å². The molecule has 2 atom stereocenters. The molecule has 1 amide bonds. The van der Waals surface area contributed by atoms with Gasteiger partial charge in [0, 0.05) is 26.0 Å². The van der Waals surface area contributed by atoms with E-state index in [4.69, 9.17) is 4.74 Å². The van der Waals surface area contributed by atoms with Gasteiger partial charge >= 0.3 is 12.3 Å². The zero-order valence-corrected chi connectivity index (χ0v) is 19.0. The third-order valence-corrected chi connectivity index (χ3v) is 5.63. The molecule has 11 heteroatoms. The Labute approximate surface area is 189 Å². The molecule has 1 saturated heterocycles. The zero-order chi connectivity index (χ0) is 24.0. The highest BCUT2D eigenvalue weighted by atomic mass is 19.4. The summed E-state index contributed by atoms with van der Waals surface area (Å²) < 4.78 is 48.5. The maximum absolute atomic E-state index is 13.8. The molecule has 2 aromatic heterocycles. The lowest BCUT2D eigenvalue weighted by Crippen LogP contribution is -2.39. The molecule has 178 valence electrons. The molecule has 2 aliphatic rings. The van der Waals surface area contributed by atoms with Gasteiger partial charge in [-0.15, -0.1) is 0 Å². The first-order chi connectivity index (χ1) is 15.4. The molecule has 1 N–H and O–H groups in total. The van der Waals surface area contributed by atoms with Crippen LogP contribution in [-0.2, 0) is 18.0 Å². The van der Waals surface area contributed by atoms with Crippen LogP contribution in [0.2, 0.25) is 0 Å². The number of fused-ring (bicyclic) bond motifs is 2. The number of rotatable bonds is 3. The van der Waals surface area contributed by atoms with Crippen LogP contribution in [0.15, 0.2) is 24.7 Å². The number of amides is 1. The van der Waals surface area contributed by atoms with Crippen LogP contribution in [0.3, 0.4) is 0 Å². The van der Waals surface area contributed by atoms with Gasteiger partial charge in [-0.25, -0.2) is 14.8 Å². The van der Waals surface area contributed by atoms with E-state index in [0.29, 0.717) is 37.1 Å². The van der Waals surface area contributed by atoms with Crippen molar-refractivity contribution in [3.8, 4) is 0 Å². The van der Waals surface area contributed by atoms with E-state index in [0.717, 1.165) is 6.20 Å². The van der Waals surface area contributed by atoms with Crippen LogP contribution in [0.25, 0.3) is 5.57 Å². The largest absolute Gasteiger partial charge is 0.444 e. The lowest BCUT2D eigenvalue weighted by Gasteiger charge is -2.28. The van der Waals surface area contributed by atoms with Gasteiger partial charge in [0.15, 0.2) is 0 Å². The summed E-state index contributed by atoms with van der Waals surface area (Å²) in [5, 5.41) is 6.93. The summed E-state index contributed by atoms with van der Waals surface area (Å²) >= 11 is 0. The number of alkyl halides is 3. The number of aryl methyl sites for hydroxylation is 1. The molecule has 8 nitrogen and oxygen atoms in total. The number of nitrogens with zero attached hydrogens (tertiary/aromatic N) is 5. The lowest BCUT2D eigenvalue weighted by atomic mass is 9.98. The number of halogens is 3. The van der Waals surface area contributed by atoms with Gasteiger partial charge in [0.2, 0.25) is 5.95 Å². The van der Waals surface area contributed by atoms with Crippen LogP contribution in [0.1, 0.15) is 51.3 Å². The maximum atomic E-state index is 13.8. The molecule has 0 saturated carbocycles. The molecular weight excluding hydrogens is 437 g/mol. The van der Waals surface area contributed by atoms with Crippen molar-refractivity contribution in [3.05, 3.63) is 35.9 Å². The highest BCUT2D eigenvalue weighted by molar-refractivity contribution is 5.72. The minimum Gasteiger partial charge on any atom is -0.444 e. The van der Waals surface area contributed by atoms with E-state index in [1.54, 1.807) is 49.7 Å². The minimum absolute atomic E-state index is 0.0466. The number of nitrogens with one attached hydrogen (secondary N) is 1. The first-order valence-corrected chi connectivity index (χ1v) is 10.8. The Morgan fingerprint density at radius 3 is 2.64 bits per heavy atom. The Morgan fingerprint density at radius 2 is 2.00 bits per heavy atom. The highest BCUT2D eigenvalue weighted by Gasteiger charge is 2.41. The number of carbonyl (C=O) groups excluding carboxylic acids is 1. The van der Waals surface area contributed by atoms with Crippen molar-refractivity contribution in [2.45, 2.75) is 57.9 Å². The van der Waals surface area contributed by atoms with E-state index in [2.05, 4.69) is 20.4 Å². The fraction of sp³-hybridized carbons (Fsp3) is 0.545. The molecule has 1 fully saturated rings. The second-order valence-electron chi connectivity index (χ2n) is 9.51. The summed E-state index contributed by atoms with van der Waals surface area (Å²) in [5.74, 6) is 0.241. The van der Waals surface area contributed by atoms with Crippen LogP contribution in [0.4, 0.5) is 29.6 Å². The molecule has 0 radical (unpaired) electrons. The maximum Gasteiger partial charge on any atom is 0.419 e. The summed E-state index contributed by atoms with van der Waals surface area (Å²) in [6, 6.07) is -0.340. The van der Waals surface area contributed by atoms with Crippen molar-refractivity contribution in [2.75, 3.05) is 11.9 Å². The summed E-state index contributed by atoms with van der Waals surface area (Å²) in [4.78, 5) is 22.4. The summed E-state index contributed by atoms with van der Waals surface area (Å²) in [6.07, 6.45) is 2.47. The van der Waals surface area contributed by atoms with Crippen molar-refractivity contribution >= 4 is 23.3 Å². The van der Waals surface area contributed by atoms with Crippen molar-refractivity contribution in [2.24, 2.45) is 13.0 Å². The van der Waals surface area contributed by atoms with Crippen LogP contribution in [0.5, 0.6) is 0 Å². The number of aromatic nitrogens is 4. The Hall–Kier alpha value is -3.11. The first-order valence-electron chi connectivity index (χ1n) is 10.8. The molecule has 0 spiro atoms. The second-order valence-corrected chi connectivity index (χ2v) is 9.51. The molecule has 0 aromatic carbocycles. The third-order valence-electron chi connectivity index (χ3n) is 5.63. The molecule has 4 rings (SSSR count). The monoisotopic (exact) mass is 464 g/mol. The van der Waals surface area contributed by atoms with E-state index in [-0.39, 0.29) is 23.6 Å². The number of likely N-dealkylation sites (tertiary alicyclic amines) is 1. The normalized spacial score (nSPS) is 20.9. The Kier molecular flexibility index (Phi) is 5.83. The predicted molar refractivity (Wildman–Crippen MR) is 116 cm³/mol. The standard InChI is InChI=1S/C22H27F3N6O2/c1-21(2,3)33-20(32)31-11-13-5-6-14(8-16(31)7-13)18-17(22(23,24)25)10-26-19(29-18)28-15-9-27-30(4)12-15/h8-10,12-13,16H,5-7,11H2,1-4H3,(H,26,28,29). The van der Waals surface area contributed by atoms with Gasteiger partial charge in [-0.3, -0.25) is 4.68 Å². The zero-order valence-electron chi connectivity index (χ0n) is 19.0. The third kappa shape index (κ3) is 5.28. The fourth-order valence-electron chi connectivity index (χ4n) is 4.24. The second kappa shape index (κ2) is 8.35. The molecular formula is C22H27F3N6O2. The van der Waals surface area contributed by atoms with Crippen molar-refractivity contribution in [3.63, 3.8) is 0 Å². The molecule has 2 aromatic rings. The number of hydrogen-bond acceptors (Lipinski definition) is 6. The SMILES string of the molecule is Cn1cc(Nc2ncc(C(F)(F)F)c(C3=CC4CC(CC3)CN4C(=O)OC(C)(C)C)n2)cn1. The molecule has 33 heavy (non-hydrogen) atoms. The van der Waals surface area contributed by atoms with Gasteiger partial charge in [0.25, 0.3) is 0 Å². The van der Waals surface area contributed by atoms with E-state index in [1.165, 1.54) is 6.20 Å². The topological polar surface area (TPSA) is 85.2 Å². The Bertz CT molecular complexity index is 1070. The van der Waals surface area contributed by atoms with E-state index >= 15 is 0 Å². The van der Waals surface area contributed by atoms with Gasteiger partial charge in [-0.2, -0.15) is 18.3 Å². The van der Waals surface area contributed by atoms with Crippen LogP contribution >= 0.6 is 0 Å². The van der Waals surface area contributed by atoms with Crippen molar-refractivity contribution < 1.29 is 22.7 Å². The van der Waals surface area contributed by atoms with Crippen molar-refractivity contribution in [1.82, 2.24) is 24.6 Å². The quantitative estimate of drug-likeness (QED) is 0.704. The number of anilines is 2. The minimum atomic E-state index is -4.61. The number of carbonyl (C=O) groups is 1. The van der Waals surface area contributed by atoms with Gasteiger partial charge in [-0.1, -0.05) is 6.08 Å². The smallest absolute Gasteiger partial charge is 0.419 e. The lowest BCUT2D eigenvalue weighted by molar-refractivity contribution is -0.138. The summed E-state index contributed by atoms with van der Waals surface area (Å²) in [7, 11) is 1.73. The molecule has 2 unspecified atom stereocenters. The Balaban J connectivity index is 1.68. The molecule has 2 bridgehead atoms. The summed E-state index contributed by atoms with van der Waals surface area (Å²) in [5.41, 5.74) is -0.695. The van der Waals surface area contributed by atoms with Crippen LogP contribution in [-0.4, -0.2) is 48.9 Å². The van der Waals surface area contributed by atoms with Crippen LogP contribution < -0.4 is 5.32 Å². The molecule has 3 heterocycles. The van der Waals surface area contributed by atoms with E-state index in [1.807, 2.05) is 0 Å². The van der Waals surface area contributed by atoms with Crippen LogP contribution in [0, 0.1) is 5.92 Å². The highest BCUT2D eigenvalue weighted by Crippen LogP contribution is 2.41. The molecule has 1 aliphatic heterocycles. The fourth-order valence-corrected chi connectivity index (χ4v) is 4.24. The van der Waals surface area contributed by atoms with Crippen molar-refractivity contribution in [1.29, 1.82) is 0 Å². The number of hydrogen-bond donors (Lipinski definition) is 1. The first kappa shape index (κ1) is 23.1. The molecule has 1 aliphatic carbocycles. The van der Waals surface area contributed by atoms with Gasteiger partial charge in [-0.05, 0) is 51.5 Å². The van der Waals surface area contributed by atoms with Gasteiger partial charge in [0.05, 0.1) is 29.2 Å². The Morgan fingerprint density at radius 1 is 1.24 bits per heavy atom. The van der Waals surface area contributed by atoms with Gasteiger partial charge in [0.1, 0.15) is 5.60 Å². The predicted octanol–water partition coefficient (Wildman–Crippen LogP) is 4.78. The van der Waals surface area contributed by atoms with Gasteiger partial charge < -0.3 is 15.0 Å². The average Bonchev–Trinajstić information content (AvgIpc) is 3.20. The summed E-state index contributed by atoms with van der Waals surface area (Å²) in [6.45, 7) is 5.89. The average molecular weight is 464 g/mol. The van der Waals surface area contributed by atoms with E-state index < -0.39 is 23.4 Å². The number of allylic oxidation sites excluding steroid dienone is 1. The number of ether oxygens (including phenoxy) is 1.